The van der Waals surface area contributed by atoms with E-state index in [4.69, 9.17) is 9.47 Å². The second-order valence-corrected chi connectivity index (χ2v) is 7.38. The summed E-state index contributed by atoms with van der Waals surface area (Å²) in [7, 11) is 0. The van der Waals surface area contributed by atoms with Crippen LogP contribution in [0, 0.1) is 11.3 Å². The smallest absolute Gasteiger partial charge is 0.338 e. The molecule has 2 aliphatic rings. The molecule has 1 aliphatic carbocycles. The summed E-state index contributed by atoms with van der Waals surface area (Å²) in [5, 5.41) is 2.03. The zero-order valence-electron chi connectivity index (χ0n) is 14.9. The van der Waals surface area contributed by atoms with Crippen molar-refractivity contribution in [3.63, 3.8) is 0 Å². The average Bonchev–Trinajstić information content (AvgIpc) is 3.09. The van der Waals surface area contributed by atoms with Crippen LogP contribution in [0.25, 0.3) is 10.8 Å². The number of cyclic esters (lactones) is 1. The molecule has 1 saturated heterocycles. The number of carbonyl (C=O) groups is 2. The van der Waals surface area contributed by atoms with Crippen molar-refractivity contribution in [3.8, 4) is 0 Å². The van der Waals surface area contributed by atoms with E-state index in [1.54, 1.807) is 13.0 Å². The van der Waals surface area contributed by atoms with Crippen molar-refractivity contribution in [1.29, 1.82) is 0 Å². The van der Waals surface area contributed by atoms with Crippen LogP contribution in [0.2, 0.25) is 0 Å². The summed E-state index contributed by atoms with van der Waals surface area (Å²) in [5.41, 5.74) is 2.36. The lowest BCUT2D eigenvalue weighted by Crippen LogP contribution is -2.31. The number of rotatable bonds is 4. The number of esters is 2. The van der Waals surface area contributed by atoms with Crippen LogP contribution in [-0.2, 0) is 20.7 Å². The van der Waals surface area contributed by atoms with E-state index >= 15 is 0 Å². The van der Waals surface area contributed by atoms with E-state index < -0.39 is 5.41 Å². The van der Waals surface area contributed by atoms with Gasteiger partial charge in [-0.2, -0.15) is 0 Å². The van der Waals surface area contributed by atoms with E-state index in [1.807, 2.05) is 24.3 Å². The lowest BCUT2D eigenvalue weighted by molar-refractivity contribution is -0.146. The van der Waals surface area contributed by atoms with Gasteiger partial charge in [-0.15, -0.1) is 0 Å². The quantitative estimate of drug-likeness (QED) is 0.616. The zero-order chi connectivity index (χ0) is 18.3. The van der Waals surface area contributed by atoms with Crippen LogP contribution >= 0.6 is 0 Å². The van der Waals surface area contributed by atoms with Gasteiger partial charge in [-0.1, -0.05) is 36.4 Å². The molecule has 0 bridgehead atoms. The second kappa shape index (κ2) is 6.27. The normalized spacial score (nSPS) is 24.6. The van der Waals surface area contributed by atoms with Gasteiger partial charge in [-0.3, -0.25) is 4.79 Å². The molecule has 0 aromatic heterocycles. The van der Waals surface area contributed by atoms with E-state index in [1.165, 1.54) is 0 Å². The maximum atomic E-state index is 12.5. The highest BCUT2D eigenvalue weighted by Gasteiger charge is 2.55. The minimum Gasteiger partial charge on any atom is -0.465 e. The molecule has 4 rings (SSSR count). The number of hydrogen-bond donors (Lipinski definition) is 0. The number of carbonyl (C=O) groups excluding carboxylic acids is 2. The number of fused-ring (bicyclic) bond motifs is 2. The molecule has 26 heavy (non-hydrogen) atoms. The first-order chi connectivity index (χ1) is 12.5. The van der Waals surface area contributed by atoms with Crippen LogP contribution in [0.5, 0.6) is 0 Å². The van der Waals surface area contributed by atoms with Crippen molar-refractivity contribution in [2.24, 2.45) is 11.3 Å². The molecule has 1 aliphatic heterocycles. The van der Waals surface area contributed by atoms with Crippen molar-refractivity contribution in [2.45, 2.75) is 26.2 Å². The molecule has 0 radical (unpaired) electrons. The predicted octanol–water partition coefficient (Wildman–Crippen LogP) is 4.07. The summed E-state index contributed by atoms with van der Waals surface area (Å²) in [6.45, 7) is 6.76. The van der Waals surface area contributed by atoms with Gasteiger partial charge in [0.2, 0.25) is 0 Å². The van der Waals surface area contributed by atoms with Gasteiger partial charge in [0, 0.05) is 5.92 Å². The first-order valence-corrected chi connectivity index (χ1v) is 9.05. The molecule has 2 aromatic carbocycles. The summed E-state index contributed by atoms with van der Waals surface area (Å²) in [6, 6.07) is 11.7. The fraction of sp³-hybridized carbons (Fsp3) is 0.364. The van der Waals surface area contributed by atoms with Gasteiger partial charge in [0.15, 0.2) is 0 Å². The highest BCUT2D eigenvalue weighted by Crippen LogP contribution is 2.52. The van der Waals surface area contributed by atoms with E-state index in [0.717, 1.165) is 34.8 Å². The van der Waals surface area contributed by atoms with Gasteiger partial charge in [0.05, 0.1) is 24.2 Å². The molecule has 2 fully saturated rings. The van der Waals surface area contributed by atoms with E-state index in [0.29, 0.717) is 25.2 Å². The van der Waals surface area contributed by atoms with Crippen molar-refractivity contribution >= 4 is 22.7 Å². The van der Waals surface area contributed by atoms with Crippen LogP contribution in [-0.4, -0.2) is 25.2 Å². The van der Waals surface area contributed by atoms with Crippen molar-refractivity contribution in [1.82, 2.24) is 0 Å². The fourth-order valence-corrected chi connectivity index (χ4v) is 4.37. The topological polar surface area (TPSA) is 52.6 Å². The Morgan fingerprint density at radius 1 is 1.27 bits per heavy atom. The summed E-state index contributed by atoms with van der Waals surface area (Å²) < 4.78 is 10.4. The third-order valence-electron chi connectivity index (χ3n) is 5.64. The Labute approximate surface area is 152 Å². The molecule has 2 atom stereocenters. The van der Waals surface area contributed by atoms with E-state index in [2.05, 4.69) is 12.6 Å². The summed E-state index contributed by atoms with van der Waals surface area (Å²) >= 11 is 0. The molecule has 2 unspecified atom stereocenters. The first-order valence-electron chi connectivity index (χ1n) is 9.05. The Hall–Kier alpha value is -2.62. The second-order valence-electron chi connectivity index (χ2n) is 7.38. The van der Waals surface area contributed by atoms with Gasteiger partial charge in [0.25, 0.3) is 0 Å². The third-order valence-corrected chi connectivity index (χ3v) is 5.64. The molecule has 1 heterocycles. The van der Waals surface area contributed by atoms with E-state index in [-0.39, 0.29) is 17.9 Å². The maximum Gasteiger partial charge on any atom is 0.338 e. The van der Waals surface area contributed by atoms with Crippen LogP contribution in [0.3, 0.4) is 0 Å². The molecular weight excluding hydrogens is 328 g/mol. The molecule has 134 valence electrons. The van der Waals surface area contributed by atoms with Crippen LogP contribution in [0.4, 0.5) is 0 Å². The lowest BCUT2D eigenvalue weighted by atomic mass is 9.75. The molecule has 4 heteroatoms. The van der Waals surface area contributed by atoms with Crippen molar-refractivity contribution < 1.29 is 19.1 Å². The van der Waals surface area contributed by atoms with Gasteiger partial charge >= 0.3 is 11.9 Å². The first kappa shape index (κ1) is 16.8. The number of ether oxygens (including phenoxy) is 2. The third kappa shape index (κ3) is 2.70. The van der Waals surface area contributed by atoms with Crippen LogP contribution < -0.4 is 0 Å². The standard InChI is InChI=1S/C22H22O4/c1-3-25-20(23)18-7-6-16-9-15(4-5-17(16)10-18)12-22-11-14(2)8-19(22)13-26-21(22)24/h4-7,9-10,19H,2-3,8,11-13H2,1H3. The summed E-state index contributed by atoms with van der Waals surface area (Å²) in [6.07, 6.45) is 2.27. The monoisotopic (exact) mass is 350 g/mol. The van der Waals surface area contributed by atoms with Crippen LogP contribution in [0.15, 0.2) is 48.6 Å². The minimum absolute atomic E-state index is 0.0843. The van der Waals surface area contributed by atoms with Crippen molar-refractivity contribution in [3.05, 3.63) is 59.7 Å². The molecule has 0 amide bonds. The fourth-order valence-electron chi connectivity index (χ4n) is 4.37. The average molecular weight is 350 g/mol. The Kier molecular flexibility index (Phi) is 4.06. The van der Waals surface area contributed by atoms with Gasteiger partial charge < -0.3 is 9.47 Å². The lowest BCUT2D eigenvalue weighted by Gasteiger charge is -2.24. The Morgan fingerprint density at radius 2 is 2.04 bits per heavy atom. The van der Waals surface area contributed by atoms with Crippen LogP contribution in [0.1, 0.15) is 35.7 Å². The summed E-state index contributed by atoms with van der Waals surface area (Å²) in [5.74, 6) is -0.151. The molecule has 4 nitrogen and oxygen atoms in total. The Bertz CT molecular complexity index is 913. The zero-order valence-corrected chi connectivity index (χ0v) is 14.9. The highest BCUT2D eigenvalue weighted by atomic mass is 16.5. The van der Waals surface area contributed by atoms with E-state index in [9.17, 15) is 9.59 Å². The summed E-state index contributed by atoms with van der Waals surface area (Å²) in [4.78, 5) is 24.4. The molecule has 0 N–H and O–H groups in total. The largest absolute Gasteiger partial charge is 0.465 e. The number of hydrogen-bond acceptors (Lipinski definition) is 4. The molecule has 2 aromatic rings. The SMILES string of the molecule is C=C1CC2COC(=O)C2(Cc2ccc3cc(C(=O)OCC)ccc3c2)C1. The molecule has 0 spiro atoms. The number of allylic oxidation sites excluding steroid dienone is 1. The minimum atomic E-state index is -0.449. The highest BCUT2D eigenvalue weighted by molar-refractivity contribution is 5.95. The Morgan fingerprint density at radius 3 is 2.85 bits per heavy atom. The predicted molar refractivity (Wildman–Crippen MR) is 98.9 cm³/mol. The molecular formula is C22H22O4. The van der Waals surface area contributed by atoms with Gasteiger partial charge in [-0.25, -0.2) is 4.79 Å². The van der Waals surface area contributed by atoms with Crippen molar-refractivity contribution in [2.75, 3.05) is 13.2 Å². The van der Waals surface area contributed by atoms with Gasteiger partial charge in [0.1, 0.15) is 0 Å². The number of benzene rings is 2. The maximum absolute atomic E-state index is 12.5. The Balaban J connectivity index is 1.64. The molecule has 1 saturated carbocycles. The van der Waals surface area contributed by atoms with Gasteiger partial charge in [-0.05, 0) is 54.7 Å².